The first-order valence-corrected chi connectivity index (χ1v) is 9.50. The highest BCUT2D eigenvalue weighted by atomic mass is 16.5. The third-order valence-corrected chi connectivity index (χ3v) is 4.79. The number of hydrogen-bond donors (Lipinski definition) is 0. The van der Waals surface area contributed by atoms with Crippen LogP contribution in [0.1, 0.15) is 47.1 Å². The van der Waals surface area contributed by atoms with Crippen molar-refractivity contribution in [3.63, 3.8) is 0 Å². The van der Waals surface area contributed by atoms with E-state index in [0.29, 0.717) is 30.5 Å². The molecule has 28 heavy (non-hydrogen) atoms. The SMILES string of the molecule is CCOC(=O)c1nn(Cc2ncnc(OCC3CC3)c2C)c2cc(C)cnc12. The number of esters is 1. The second-order valence-electron chi connectivity index (χ2n) is 7.11. The van der Waals surface area contributed by atoms with Crippen LogP contribution in [0.3, 0.4) is 0 Å². The maximum atomic E-state index is 12.3. The lowest BCUT2D eigenvalue weighted by molar-refractivity contribution is 0.0520. The molecule has 0 atom stereocenters. The minimum atomic E-state index is -0.476. The minimum Gasteiger partial charge on any atom is -0.477 e. The molecule has 0 unspecified atom stereocenters. The number of nitrogens with zero attached hydrogens (tertiary/aromatic N) is 5. The Morgan fingerprint density at radius 3 is 2.82 bits per heavy atom. The predicted octanol–water partition coefficient (Wildman–Crippen LogP) is 2.85. The maximum absolute atomic E-state index is 12.3. The number of carbonyl (C=O) groups excluding carboxylic acids is 1. The minimum absolute atomic E-state index is 0.216. The molecular weight excluding hydrogens is 358 g/mol. The van der Waals surface area contributed by atoms with E-state index in [-0.39, 0.29) is 12.3 Å². The van der Waals surface area contributed by atoms with E-state index in [1.165, 1.54) is 19.2 Å². The van der Waals surface area contributed by atoms with Crippen molar-refractivity contribution in [1.29, 1.82) is 0 Å². The van der Waals surface area contributed by atoms with Crippen LogP contribution in [0.5, 0.6) is 5.88 Å². The molecule has 0 amide bonds. The Bertz CT molecular complexity index is 1030. The average Bonchev–Trinajstić information content (AvgIpc) is 3.44. The van der Waals surface area contributed by atoms with Gasteiger partial charge in [0.1, 0.15) is 11.8 Å². The Morgan fingerprint density at radius 1 is 1.25 bits per heavy atom. The summed E-state index contributed by atoms with van der Waals surface area (Å²) in [5.41, 5.74) is 4.17. The van der Waals surface area contributed by atoms with Gasteiger partial charge in [0.15, 0.2) is 5.69 Å². The molecule has 0 aliphatic heterocycles. The molecule has 0 bridgehead atoms. The van der Waals surface area contributed by atoms with Gasteiger partial charge in [-0.25, -0.2) is 14.8 Å². The molecule has 0 spiro atoms. The molecule has 0 saturated heterocycles. The van der Waals surface area contributed by atoms with Crippen LogP contribution in [0.2, 0.25) is 0 Å². The molecule has 1 fully saturated rings. The van der Waals surface area contributed by atoms with E-state index in [2.05, 4.69) is 20.1 Å². The fourth-order valence-electron chi connectivity index (χ4n) is 3.01. The van der Waals surface area contributed by atoms with E-state index in [4.69, 9.17) is 9.47 Å². The summed E-state index contributed by atoms with van der Waals surface area (Å²) < 4.78 is 12.7. The van der Waals surface area contributed by atoms with Crippen LogP contribution >= 0.6 is 0 Å². The second kappa shape index (κ2) is 7.53. The molecular formula is C20H23N5O3. The van der Waals surface area contributed by atoms with E-state index in [1.807, 2.05) is 19.9 Å². The van der Waals surface area contributed by atoms with Gasteiger partial charge in [-0.3, -0.25) is 9.67 Å². The predicted molar refractivity (Wildman–Crippen MR) is 102 cm³/mol. The Balaban J connectivity index is 1.68. The first-order chi connectivity index (χ1) is 13.6. The van der Waals surface area contributed by atoms with E-state index in [1.54, 1.807) is 17.8 Å². The lowest BCUT2D eigenvalue weighted by atomic mass is 10.2. The summed E-state index contributed by atoms with van der Waals surface area (Å²) in [7, 11) is 0. The molecule has 0 aromatic carbocycles. The van der Waals surface area contributed by atoms with Gasteiger partial charge in [-0.05, 0) is 51.2 Å². The summed E-state index contributed by atoms with van der Waals surface area (Å²) in [6.45, 7) is 7.02. The fourth-order valence-corrected chi connectivity index (χ4v) is 3.01. The highest BCUT2D eigenvalue weighted by Gasteiger charge is 2.23. The van der Waals surface area contributed by atoms with E-state index >= 15 is 0 Å². The number of aryl methyl sites for hydroxylation is 1. The molecule has 3 heterocycles. The van der Waals surface area contributed by atoms with Gasteiger partial charge < -0.3 is 9.47 Å². The van der Waals surface area contributed by atoms with E-state index in [0.717, 1.165) is 22.3 Å². The maximum Gasteiger partial charge on any atom is 0.361 e. The number of carbonyl (C=O) groups is 1. The Kier molecular flexibility index (Phi) is 4.93. The van der Waals surface area contributed by atoms with Crippen molar-refractivity contribution in [2.75, 3.05) is 13.2 Å². The normalized spacial score (nSPS) is 13.7. The smallest absolute Gasteiger partial charge is 0.361 e. The van der Waals surface area contributed by atoms with E-state index in [9.17, 15) is 4.79 Å². The first-order valence-electron chi connectivity index (χ1n) is 9.50. The molecule has 8 nitrogen and oxygen atoms in total. The van der Waals surface area contributed by atoms with Crippen molar-refractivity contribution in [3.8, 4) is 5.88 Å². The number of aromatic nitrogens is 5. The van der Waals surface area contributed by atoms with Gasteiger partial charge in [-0.2, -0.15) is 5.10 Å². The summed E-state index contributed by atoms with van der Waals surface area (Å²) in [5, 5.41) is 4.48. The Hall–Kier alpha value is -3.03. The molecule has 4 rings (SSSR count). The van der Waals surface area contributed by atoms with Crippen LogP contribution in [0.15, 0.2) is 18.6 Å². The van der Waals surface area contributed by atoms with Crippen LogP contribution in [0.4, 0.5) is 0 Å². The summed E-state index contributed by atoms with van der Waals surface area (Å²) in [4.78, 5) is 25.4. The van der Waals surface area contributed by atoms with Gasteiger partial charge in [0, 0.05) is 11.8 Å². The van der Waals surface area contributed by atoms with Gasteiger partial charge in [-0.1, -0.05) is 0 Å². The molecule has 0 N–H and O–H groups in total. The molecule has 3 aromatic rings. The van der Waals surface area contributed by atoms with Crippen molar-refractivity contribution < 1.29 is 14.3 Å². The molecule has 0 radical (unpaired) electrons. The lowest BCUT2D eigenvalue weighted by Crippen LogP contribution is -2.11. The molecule has 146 valence electrons. The highest BCUT2D eigenvalue weighted by molar-refractivity contribution is 6.00. The molecule has 1 saturated carbocycles. The third-order valence-electron chi connectivity index (χ3n) is 4.79. The fraction of sp³-hybridized carbons (Fsp3) is 0.450. The largest absolute Gasteiger partial charge is 0.477 e. The van der Waals surface area contributed by atoms with Gasteiger partial charge in [0.05, 0.1) is 31.0 Å². The number of fused-ring (bicyclic) bond motifs is 1. The Morgan fingerprint density at radius 2 is 2.07 bits per heavy atom. The van der Waals surface area contributed by atoms with E-state index < -0.39 is 5.97 Å². The summed E-state index contributed by atoms with van der Waals surface area (Å²) in [6, 6.07) is 1.96. The van der Waals surface area contributed by atoms with Gasteiger partial charge in [0.2, 0.25) is 5.88 Å². The average molecular weight is 381 g/mol. The van der Waals surface area contributed by atoms with Crippen molar-refractivity contribution in [1.82, 2.24) is 24.7 Å². The highest BCUT2D eigenvalue weighted by Crippen LogP contribution is 2.30. The number of rotatable bonds is 7. The number of hydrogen-bond acceptors (Lipinski definition) is 7. The molecule has 1 aliphatic rings. The summed E-state index contributed by atoms with van der Waals surface area (Å²) >= 11 is 0. The van der Waals surface area contributed by atoms with Crippen LogP contribution in [0, 0.1) is 19.8 Å². The topological polar surface area (TPSA) is 92.0 Å². The van der Waals surface area contributed by atoms with Gasteiger partial charge >= 0.3 is 5.97 Å². The Labute approximate surface area is 162 Å². The summed E-state index contributed by atoms with van der Waals surface area (Å²) in [5.74, 6) is 0.776. The van der Waals surface area contributed by atoms with Crippen LogP contribution < -0.4 is 4.74 Å². The first kappa shape index (κ1) is 18.3. The van der Waals surface area contributed by atoms with Gasteiger partial charge in [-0.15, -0.1) is 0 Å². The van der Waals surface area contributed by atoms with Crippen molar-refractivity contribution in [3.05, 3.63) is 41.1 Å². The van der Waals surface area contributed by atoms with Crippen LogP contribution in [0.25, 0.3) is 11.0 Å². The quantitative estimate of drug-likeness (QED) is 0.581. The monoisotopic (exact) mass is 381 g/mol. The molecule has 3 aromatic heterocycles. The number of ether oxygens (including phenoxy) is 2. The zero-order valence-electron chi connectivity index (χ0n) is 16.3. The second-order valence-corrected chi connectivity index (χ2v) is 7.11. The van der Waals surface area contributed by atoms with Crippen LogP contribution in [-0.4, -0.2) is 43.9 Å². The molecule has 8 heteroatoms. The van der Waals surface area contributed by atoms with Crippen LogP contribution in [-0.2, 0) is 11.3 Å². The molecule has 1 aliphatic carbocycles. The zero-order valence-corrected chi connectivity index (χ0v) is 16.3. The van der Waals surface area contributed by atoms with Crippen molar-refractivity contribution in [2.24, 2.45) is 5.92 Å². The standard InChI is InChI=1S/C20H23N5O3/c1-4-27-20(26)18-17-16(7-12(2)8-21-17)25(24-18)9-15-13(3)19(23-11-22-15)28-10-14-5-6-14/h7-8,11,14H,4-6,9-10H2,1-3H3. The van der Waals surface area contributed by atoms with Crippen molar-refractivity contribution >= 4 is 17.0 Å². The summed E-state index contributed by atoms with van der Waals surface area (Å²) in [6.07, 6.45) is 5.67. The number of pyridine rings is 1. The zero-order chi connectivity index (χ0) is 19.7. The van der Waals surface area contributed by atoms with Crippen molar-refractivity contribution in [2.45, 2.75) is 40.2 Å². The lowest BCUT2D eigenvalue weighted by Gasteiger charge is -2.11. The third kappa shape index (κ3) is 3.67. The van der Waals surface area contributed by atoms with Gasteiger partial charge in [0.25, 0.3) is 0 Å².